The van der Waals surface area contributed by atoms with Crippen LogP contribution in [0.25, 0.3) is 10.9 Å². The van der Waals surface area contributed by atoms with Crippen LogP contribution in [0.1, 0.15) is 34.3 Å². The summed E-state index contributed by atoms with van der Waals surface area (Å²) < 4.78 is 14.0. The molecule has 3 aromatic rings. The zero-order valence-corrected chi connectivity index (χ0v) is 15.6. The van der Waals surface area contributed by atoms with Crippen molar-refractivity contribution < 1.29 is 9.18 Å². The molecule has 1 N–H and O–H groups in total. The average Bonchev–Trinajstić information content (AvgIpc) is 3.15. The summed E-state index contributed by atoms with van der Waals surface area (Å²) in [5.74, 6) is -0.406. The molecule has 0 atom stereocenters. The second-order valence-corrected chi connectivity index (χ2v) is 7.21. The number of anilines is 2. The van der Waals surface area contributed by atoms with Gasteiger partial charge in [0.15, 0.2) is 0 Å². The molecule has 4 nitrogen and oxygen atoms in total. The molecule has 0 unspecified atom stereocenters. The highest BCUT2D eigenvalue weighted by atomic mass is 19.1. The summed E-state index contributed by atoms with van der Waals surface area (Å²) in [5.41, 5.74) is 4.86. The first kappa shape index (κ1) is 17.5. The quantitative estimate of drug-likeness (QED) is 0.714. The maximum Gasteiger partial charge on any atom is 0.257 e. The van der Waals surface area contributed by atoms with Crippen molar-refractivity contribution in [1.29, 1.82) is 0 Å². The SMILES string of the molecule is Cc1cc(C)cc(Nc2c(C(=O)N3CCCC3)cnc3ccc(F)cc23)c1. The highest BCUT2D eigenvalue weighted by molar-refractivity contribution is 6.08. The molecule has 0 aliphatic carbocycles. The van der Waals surface area contributed by atoms with Crippen LogP contribution >= 0.6 is 0 Å². The predicted octanol–water partition coefficient (Wildman–Crippen LogP) is 4.97. The number of hydrogen-bond donors (Lipinski definition) is 1. The lowest BCUT2D eigenvalue weighted by molar-refractivity contribution is 0.0793. The second-order valence-electron chi connectivity index (χ2n) is 7.21. The van der Waals surface area contributed by atoms with Crippen LogP contribution < -0.4 is 5.32 Å². The van der Waals surface area contributed by atoms with E-state index in [9.17, 15) is 9.18 Å². The summed E-state index contributed by atoms with van der Waals surface area (Å²) in [7, 11) is 0. The smallest absolute Gasteiger partial charge is 0.257 e. The van der Waals surface area contributed by atoms with Gasteiger partial charge in [-0.1, -0.05) is 6.07 Å². The number of pyridine rings is 1. The number of benzene rings is 2. The summed E-state index contributed by atoms with van der Waals surface area (Å²) in [6.07, 6.45) is 3.63. The minimum atomic E-state index is -0.349. The zero-order chi connectivity index (χ0) is 19.0. The number of likely N-dealkylation sites (tertiary alicyclic amines) is 1. The molecular formula is C22H22FN3O. The Kier molecular flexibility index (Phi) is 4.52. The van der Waals surface area contributed by atoms with E-state index in [0.29, 0.717) is 22.2 Å². The molecule has 2 aromatic carbocycles. The van der Waals surface area contributed by atoms with E-state index in [4.69, 9.17) is 0 Å². The number of carbonyl (C=O) groups is 1. The number of amides is 1. The molecule has 1 aliphatic heterocycles. The Hall–Kier alpha value is -2.95. The van der Waals surface area contributed by atoms with E-state index in [1.807, 2.05) is 30.9 Å². The number of hydrogen-bond acceptors (Lipinski definition) is 3. The van der Waals surface area contributed by atoms with E-state index < -0.39 is 0 Å². The molecule has 0 saturated carbocycles. The largest absolute Gasteiger partial charge is 0.354 e. The van der Waals surface area contributed by atoms with Gasteiger partial charge in [-0.25, -0.2) is 4.39 Å². The van der Waals surface area contributed by atoms with E-state index >= 15 is 0 Å². The van der Waals surface area contributed by atoms with E-state index in [0.717, 1.165) is 42.7 Å². The third-order valence-electron chi connectivity index (χ3n) is 4.94. The molecule has 1 saturated heterocycles. The minimum absolute atomic E-state index is 0.0574. The molecule has 1 amide bonds. The maximum absolute atomic E-state index is 14.0. The normalized spacial score (nSPS) is 14.0. The van der Waals surface area contributed by atoms with Gasteiger partial charge in [0.05, 0.1) is 16.8 Å². The lowest BCUT2D eigenvalue weighted by atomic mass is 10.1. The van der Waals surface area contributed by atoms with E-state index in [-0.39, 0.29) is 11.7 Å². The van der Waals surface area contributed by atoms with E-state index in [1.165, 1.54) is 12.1 Å². The minimum Gasteiger partial charge on any atom is -0.354 e. The Bertz CT molecular complexity index is 1010. The monoisotopic (exact) mass is 363 g/mol. The summed E-state index contributed by atoms with van der Waals surface area (Å²) >= 11 is 0. The summed E-state index contributed by atoms with van der Waals surface area (Å²) in [6.45, 7) is 5.56. The fourth-order valence-electron chi connectivity index (χ4n) is 3.74. The molecule has 138 valence electrons. The Labute approximate surface area is 158 Å². The number of carbonyl (C=O) groups excluding carboxylic acids is 1. The van der Waals surface area contributed by atoms with Crippen molar-refractivity contribution in [3.63, 3.8) is 0 Å². The van der Waals surface area contributed by atoms with Crippen LogP contribution in [-0.4, -0.2) is 28.9 Å². The maximum atomic E-state index is 14.0. The number of nitrogens with zero attached hydrogens (tertiary/aromatic N) is 2. The van der Waals surface area contributed by atoms with Crippen molar-refractivity contribution in [2.75, 3.05) is 18.4 Å². The highest BCUT2D eigenvalue weighted by Gasteiger charge is 2.24. The van der Waals surface area contributed by atoms with Crippen LogP contribution in [0, 0.1) is 19.7 Å². The highest BCUT2D eigenvalue weighted by Crippen LogP contribution is 2.31. The summed E-state index contributed by atoms with van der Waals surface area (Å²) in [4.78, 5) is 19.3. The van der Waals surface area contributed by atoms with Gasteiger partial charge in [0.25, 0.3) is 5.91 Å². The Morgan fingerprint density at radius 2 is 1.78 bits per heavy atom. The Balaban J connectivity index is 1.86. The average molecular weight is 363 g/mol. The fourth-order valence-corrected chi connectivity index (χ4v) is 3.74. The van der Waals surface area contributed by atoms with Gasteiger partial charge in [0.1, 0.15) is 5.82 Å². The lowest BCUT2D eigenvalue weighted by Crippen LogP contribution is -2.28. The number of rotatable bonds is 3. The zero-order valence-electron chi connectivity index (χ0n) is 15.6. The molecule has 2 heterocycles. The van der Waals surface area contributed by atoms with Crippen molar-refractivity contribution >= 4 is 28.2 Å². The van der Waals surface area contributed by atoms with Gasteiger partial charge in [0, 0.05) is 30.4 Å². The van der Waals surface area contributed by atoms with Crippen LogP contribution in [-0.2, 0) is 0 Å². The van der Waals surface area contributed by atoms with Gasteiger partial charge in [-0.15, -0.1) is 0 Å². The molecule has 27 heavy (non-hydrogen) atoms. The van der Waals surface area contributed by atoms with Crippen LogP contribution in [0.3, 0.4) is 0 Å². The van der Waals surface area contributed by atoms with Crippen molar-refractivity contribution in [3.05, 3.63) is 65.1 Å². The number of halogens is 1. The Morgan fingerprint density at radius 3 is 2.48 bits per heavy atom. The second kappa shape index (κ2) is 6.99. The summed E-state index contributed by atoms with van der Waals surface area (Å²) in [6, 6.07) is 10.6. The van der Waals surface area contributed by atoms with Gasteiger partial charge in [-0.3, -0.25) is 9.78 Å². The van der Waals surface area contributed by atoms with Crippen LogP contribution in [0.5, 0.6) is 0 Å². The third kappa shape index (κ3) is 3.50. The molecular weight excluding hydrogens is 341 g/mol. The van der Waals surface area contributed by atoms with Crippen LogP contribution in [0.4, 0.5) is 15.8 Å². The van der Waals surface area contributed by atoms with Crippen LogP contribution in [0.15, 0.2) is 42.6 Å². The number of aromatic nitrogens is 1. The number of aryl methyl sites for hydroxylation is 2. The van der Waals surface area contributed by atoms with E-state index in [2.05, 4.69) is 16.4 Å². The van der Waals surface area contributed by atoms with Gasteiger partial charge < -0.3 is 10.2 Å². The molecule has 1 aliphatic rings. The number of fused-ring (bicyclic) bond motifs is 1. The number of nitrogens with one attached hydrogen (secondary N) is 1. The summed E-state index contributed by atoms with van der Waals surface area (Å²) in [5, 5.41) is 3.98. The Morgan fingerprint density at radius 1 is 1.07 bits per heavy atom. The topological polar surface area (TPSA) is 45.2 Å². The van der Waals surface area contributed by atoms with Crippen molar-refractivity contribution in [1.82, 2.24) is 9.88 Å². The first-order valence-corrected chi connectivity index (χ1v) is 9.24. The van der Waals surface area contributed by atoms with Crippen LogP contribution in [0.2, 0.25) is 0 Å². The molecule has 0 bridgehead atoms. The third-order valence-corrected chi connectivity index (χ3v) is 4.94. The first-order valence-electron chi connectivity index (χ1n) is 9.24. The first-order chi connectivity index (χ1) is 13.0. The van der Waals surface area contributed by atoms with Gasteiger partial charge >= 0.3 is 0 Å². The van der Waals surface area contributed by atoms with E-state index in [1.54, 1.807) is 12.3 Å². The van der Waals surface area contributed by atoms with Crippen molar-refractivity contribution in [2.24, 2.45) is 0 Å². The molecule has 0 radical (unpaired) electrons. The molecule has 5 heteroatoms. The van der Waals surface area contributed by atoms with Gasteiger partial charge in [-0.2, -0.15) is 0 Å². The van der Waals surface area contributed by atoms with Crippen molar-refractivity contribution in [2.45, 2.75) is 26.7 Å². The fraction of sp³-hybridized carbons (Fsp3) is 0.273. The lowest BCUT2D eigenvalue weighted by Gasteiger charge is -2.20. The predicted molar refractivity (Wildman–Crippen MR) is 106 cm³/mol. The van der Waals surface area contributed by atoms with Gasteiger partial charge in [0.2, 0.25) is 0 Å². The molecule has 0 spiro atoms. The van der Waals surface area contributed by atoms with Gasteiger partial charge in [-0.05, 0) is 68.1 Å². The standard InChI is InChI=1S/C22H22FN3O/c1-14-9-15(2)11-17(10-14)25-21-18-12-16(23)5-6-20(18)24-13-19(21)22(27)26-7-3-4-8-26/h5-6,9-13H,3-4,7-8H2,1-2H3,(H,24,25). The molecule has 4 rings (SSSR count). The van der Waals surface area contributed by atoms with Crippen molar-refractivity contribution in [3.8, 4) is 0 Å². The molecule has 1 fully saturated rings. The molecule has 1 aromatic heterocycles.